The van der Waals surface area contributed by atoms with Crippen LogP contribution in [0.2, 0.25) is 0 Å². The second-order valence-corrected chi connectivity index (χ2v) is 10.6. The van der Waals surface area contributed by atoms with Crippen LogP contribution in [-0.4, -0.2) is 36.1 Å². The Labute approximate surface area is 247 Å². The average Bonchev–Trinajstić information content (AvgIpc) is 3.67. The molecular formula is C34H27NO8. The number of fused-ring (bicyclic) bond motifs is 1. The highest BCUT2D eigenvalue weighted by molar-refractivity contribution is 6.22. The van der Waals surface area contributed by atoms with E-state index in [2.05, 4.69) is 12.1 Å². The van der Waals surface area contributed by atoms with Gasteiger partial charge in [-0.1, -0.05) is 36.4 Å². The lowest BCUT2D eigenvalue weighted by atomic mass is 9.73. The molecule has 216 valence electrons. The molecule has 0 spiro atoms. The van der Waals surface area contributed by atoms with Gasteiger partial charge < -0.3 is 13.9 Å². The number of furan rings is 1. The normalized spacial score (nSPS) is 19.5. The number of anilines is 1. The highest BCUT2D eigenvalue weighted by Gasteiger charge is 2.50. The minimum atomic E-state index is -0.764. The number of hydrogen-bond acceptors (Lipinski definition) is 8. The highest BCUT2D eigenvalue weighted by Crippen LogP contribution is 2.45. The minimum Gasteiger partial charge on any atom is -0.457 e. The van der Waals surface area contributed by atoms with Crippen molar-refractivity contribution in [3.63, 3.8) is 0 Å². The molecule has 0 bridgehead atoms. The summed E-state index contributed by atoms with van der Waals surface area (Å²) < 4.78 is 15.4. The summed E-state index contributed by atoms with van der Waals surface area (Å²) in [6.45, 7) is -0.527. The molecule has 2 fully saturated rings. The number of Topliss-reactive ketones (excluding diaryl/α,β-unsaturated/α-hetero) is 1. The number of esters is 2. The first-order valence-corrected chi connectivity index (χ1v) is 14.0. The van der Waals surface area contributed by atoms with E-state index in [4.69, 9.17) is 13.9 Å². The second-order valence-electron chi connectivity index (χ2n) is 10.6. The van der Waals surface area contributed by atoms with Crippen molar-refractivity contribution >= 4 is 35.2 Å². The Hall–Kier alpha value is -5.31. The molecule has 9 heteroatoms. The first-order valence-electron chi connectivity index (χ1n) is 14.0. The molecule has 0 unspecified atom stereocenters. The Morgan fingerprint density at radius 3 is 2.28 bits per heavy atom. The summed E-state index contributed by atoms with van der Waals surface area (Å²) in [6.07, 6.45) is 3.42. The molecule has 3 aromatic carbocycles. The van der Waals surface area contributed by atoms with E-state index in [0.717, 1.165) is 6.42 Å². The molecule has 0 radical (unpaired) electrons. The van der Waals surface area contributed by atoms with E-state index >= 15 is 0 Å². The van der Waals surface area contributed by atoms with Crippen LogP contribution in [0, 0.1) is 11.8 Å². The Morgan fingerprint density at radius 2 is 1.53 bits per heavy atom. The zero-order valence-corrected chi connectivity index (χ0v) is 23.0. The zero-order valence-electron chi connectivity index (χ0n) is 23.0. The Morgan fingerprint density at radius 1 is 0.767 bits per heavy atom. The molecule has 2 aliphatic rings. The van der Waals surface area contributed by atoms with Crippen LogP contribution in [0.3, 0.4) is 0 Å². The lowest BCUT2D eigenvalue weighted by Gasteiger charge is -2.28. The van der Waals surface area contributed by atoms with E-state index in [1.165, 1.54) is 59.2 Å². The minimum absolute atomic E-state index is 0.0460. The van der Waals surface area contributed by atoms with Gasteiger partial charge in [-0.3, -0.25) is 19.3 Å². The number of amides is 2. The van der Waals surface area contributed by atoms with Crippen LogP contribution in [0.4, 0.5) is 5.69 Å². The molecule has 1 aliphatic heterocycles. The SMILES string of the molecule is O=C(COC(=O)c1cccc(N2C(=O)[C@H]3C[C@@H](c4ccccc4)CC[C@H]3C2=O)c1)c1ccc(OC(=O)c2ccco2)cc1. The summed E-state index contributed by atoms with van der Waals surface area (Å²) >= 11 is 0. The summed E-state index contributed by atoms with van der Waals surface area (Å²) in [4.78, 5) is 65.4. The van der Waals surface area contributed by atoms with Crippen LogP contribution in [0.25, 0.3) is 0 Å². The van der Waals surface area contributed by atoms with Crippen molar-refractivity contribution in [1.82, 2.24) is 0 Å². The number of benzene rings is 3. The highest BCUT2D eigenvalue weighted by atomic mass is 16.5. The van der Waals surface area contributed by atoms with Crippen LogP contribution in [0.15, 0.2) is 102 Å². The molecule has 2 amide bonds. The van der Waals surface area contributed by atoms with Crippen molar-refractivity contribution in [2.24, 2.45) is 11.8 Å². The molecule has 9 nitrogen and oxygen atoms in total. The van der Waals surface area contributed by atoms with Gasteiger partial charge in [0, 0.05) is 5.56 Å². The van der Waals surface area contributed by atoms with Gasteiger partial charge in [-0.2, -0.15) is 0 Å². The zero-order chi connectivity index (χ0) is 29.9. The molecule has 3 atom stereocenters. The summed E-state index contributed by atoms with van der Waals surface area (Å²) in [6, 6.07) is 25.0. The molecular weight excluding hydrogens is 550 g/mol. The van der Waals surface area contributed by atoms with Crippen LogP contribution >= 0.6 is 0 Å². The molecule has 1 saturated carbocycles. The smallest absolute Gasteiger partial charge is 0.379 e. The summed E-state index contributed by atoms with van der Waals surface area (Å²) in [7, 11) is 0. The Balaban J connectivity index is 1.07. The maximum atomic E-state index is 13.4. The van der Waals surface area contributed by atoms with Gasteiger partial charge in [-0.15, -0.1) is 0 Å². The fraction of sp³-hybridized carbons (Fsp3) is 0.206. The predicted octanol–water partition coefficient (Wildman–Crippen LogP) is 5.61. The standard InChI is InChI=1S/C34H27NO8/c36-29(22-11-14-26(15-12-22)43-34(40)30-10-5-17-41-30)20-42-33(39)24-8-4-9-25(18-24)35-31(37)27-16-13-23(19-28(27)32(35)38)21-6-2-1-3-7-21/h1-12,14-15,17-18,23,27-28H,13,16,19-20H2/t23-,27+,28-/m0/s1. The Kier molecular flexibility index (Phi) is 7.70. The van der Waals surface area contributed by atoms with E-state index in [9.17, 15) is 24.0 Å². The molecule has 6 rings (SSSR count). The lowest BCUT2D eigenvalue weighted by molar-refractivity contribution is -0.122. The van der Waals surface area contributed by atoms with Crippen LogP contribution in [-0.2, 0) is 14.3 Å². The van der Waals surface area contributed by atoms with Crippen molar-refractivity contribution in [3.8, 4) is 5.75 Å². The molecule has 43 heavy (non-hydrogen) atoms. The third-order valence-electron chi connectivity index (χ3n) is 7.98. The van der Waals surface area contributed by atoms with Gasteiger partial charge >= 0.3 is 11.9 Å². The number of carbonyl (C=O) groups excluding carboxylic acids is 5. The lowest BCUT2D eigenvalue weighted by Crippen LogP contribution is -2.31. The van der Waals surface area contributed by atoms with Crippen molar-refractivity contribution in [1.29, 1.82) is 0 Å². The summed E-state index contributed by atoms with van der Waals surface area (Å²) in [5.41, 5.74) is 1.84. The van der Waals surface area contributed by atoms with Gasteiger partial charge in [-0.25, -0.2) is 9.59 Å². The first kappa shape index (κ1) is 27.8. The number of hydrogen-bond donors (Lipinski definition) is 0. The number of rotatable bonds is 8. The molecule has 2 heterocycles. The van der Waals surface area contributed by atoms with Crippen LogP contribution in [0.1, 0.15) is 62.0 Å². The Bertz CT molecular complexity index is 1680. The number of carbonyl (C=O) groups is 5. The molecule has 1 saturated heterocycles. The molecule has 0 N–H and O–H groups in total. The number of ketones is 1. The first-order chi connectivity index (χ1) is 20.9. The van der Waals surface area contributed by atoms with Crippen molar-refractivity contribution in [2.75, 3.05) is 11.5 Å². The van der Waals surface area contributed by atoms with Gasteiger partial charge in [0.15, 0.2) is 12.4 Å². The third-order valence-corrected chi connectivity index (χ3v) is 7.98. The average molecular weight is 578 g/mol. The quantitative estimate of drug-likeness (QED) is 0.115. The van der Waals surface area contributed by atoms with E-state index < -0.39 is 30.2 Å². The van der Waals surface area contributed by atoms with Gasteiger partial charge in [-0.05, 0) is 85.3 Å². The van der Waals surface area contributed by atoms with E-state index in [0.29, 0.717) is 18.5 Å². The second kappa shape index (κ2) is 11.9. The topological polar surface area (TPSA) is 120 Å². The van der Waals surface area contributed by atoms with Gasteiger partial charge in [0.1, 0.15) is 5.75 Å². The van der Waals surface area contributed by atoms with Crippen molar-refractivity contribution in [3.05, 3.63) is 120 Å². The number of imide groups is 1. The van der Waals surface area contributed by atoms with Crippen LogP contribution in [0.5, 0.6) is 5.75 Å². The van der Waals surface area contributed by atoms with Gasteiger partial charge in [0.2, 0.25) is 17.6 Å². The maximum absolute atomic E-state index is 13.4. The monoisotopic (exact) mass is 577 g/mol. The molecule has 4 aromatic rings. The molecule has 1 aliphatic carbocycles. The van der Waals surface area contributed by atoms with Crippen molar-refractivity contribution in [2.45, 2.75) is 25.2 Å². The fourth-order valence-corrected chi connectivity index (χ4v) is 5.79. The molecule has 1 aromatic heterocycles. The van der Waals surface area contributed by atoms with E-state index in [1.54, 1.807) is 18.2 Å². The predicted molar refractivity (Wildman–Crippen MR) is 154 cm³/mol. The van der Waals surface area contributed by atoms with E-state index in [-0.39, 0.29) is 46.3 Å². The van der Waals surface area contributed by atoms with Crippen molar-refractivity contribution < 1.29 is 37.9 Å². The number of nitrogens with zero attached hydrogens (tertiary/aromatic N) is 1. The van der Waals surface area contributed by atoms with Gasteiger partial charge in [0.05, 0.1) is 29.3 Å². The summed E-state index contributed by atoms with van der Waals surface area (Å²) in [5, 5.41) is 0. The summed E-state index contributed by atoms with van der Waals surface area (Å²) in [5.74, 6) is -2.71. The third kappa shape index (κ3) is 5.74. The fourth-order valence-electron chi connectivity index (χ4n) is 5.79. The van der Waals surface area contributed by atoms with Crippen LogP contribution < -0.4 is 9.64 Å². The van der Waals surface area contributed by atoms with E-state index in [1.807, 2.05) is 18.2 Å². The maximum Gasteiger partial charge on any atom is 0.379 e. The van der Waals surface area contributed by atoms with Gasteiger partial charge in [0.25, 0.3) is 0 Å². The number of ether oxygens (including phenoxy) is 2. The largest absolute Gasteiger partial charge is 0.457 e.